The number of nitrogens with one attached hydrogen (secondary N) is 1. The van der Waals surface area contributed by atoms with Crippen molar-refractivity contribution in [2.45, 2.75) is 12.8 Å². The Morgan fingerprint density at radius 1 is 1.29 bits per heavy atom. The molecule has 112 valence electrons. The van der Waals surface area contributed by atoms with Crippen molar-refractivity contribution in [1.82, 2.24) is 10.2 Å². The molecule has 6 nitrogen and oxygen atoms in total. The van der Waals surface area contributed by atoms with Crippen LogP contribution in [0.4, 0.5) is 4.79 Å². The van der Waals surface area contributed by atoms with Gasteiger partial charge in [-0.1, -0.05) is 0 Å². The first-order valence-electron chi connectivity index (χ1n) is 7.20. The fourth-order valence-electron chi connectivity index (χ4n) is 2.53. The topological polar surface area (TPSA) is 67.9 Å². The second-order valence-electron chi connectivity index (χ2n) is 5.13. The fraction of sp³-hybridized carbons (Fsp3) is 0.467. The Kier molecular flexibility index (Phi) is 3.94. The van der Waals surface area contributed by atoms with E-state index in [4.69, 9.17) is 9.47 Å². The van der Waals surface area contributed by atoms with E-state index in [1.165, 1.54) is 0 Å². The van der Waals surface area contributed by atoms with E-state index in [0.29, 0.717) is 38.4 Å². The van der Waals surface area contributed by atoms with Crippen molar-refractivity contribution in [1.29, 1.82) is 0 Å². The van der Waals surface area contributed by atoms with Crippen LogP contribution in [-0.4, -0.2) is 49.7 Å². The Morgan fingerprint density at radius 2 is 2.19 bits per heavy atom. The van der Waals surface area contributed by atoms with E-state index in [2.05, 4.69) is 5.32 Å². The summed E-state index contributed by atoms with van der Waals surface area (Å²) in [6.07, 6.45) is 1.38. The molecule has 2 heterocycles. The van der Waals surface area contributed by atoms with Crippen molar-refractivity contribution in [3.8, 4) is 5.75 Å². The second-order valence-corrected chi connectivity index (χ2v) is 5.13. The minimum absolute atomic E-state index is 0.130. The lowest BCUT2D eigenvalue weighted by Gasteiger charge is -2.26. The zero-order valence-electron chi connectivity index (χ0n) is 11.8. The fourth-order valence-corrected chi connectivity index (χ4v) is 2.53. The number of amides is 2. The largest absolute Gasteiger partial charge is 0.493 e. The Morgan fingerprint density at radius 3 is 3.05 bits per heavy atom. The van der Waals surface area contributed by atoms with Gasteiger partial charge in [-0.3, -0.25) is 4.79 Å². The second kappa shape index (κ2) is 6.03. The molecule has 2 aliphatic heterocycles. The molecule has 1 saturated heterocycles. The number of fused-ring (bicyclic) bond motifs is 1. The number of hydrogen-bond acceptors (Lipinski definition) is 4. The first kappa shape index (κ1) is 13.7. The van der Waals surface area contributed by atoms with Crippen LogP contribution in [0, 0.1) is 0 Å². The summed E-state index contributed by atoms with van der Waals surface area (Å²) in [6, 6.07) is 5.46. The minimum Gasteiger partial charge on any atom is -0.493 e. The molecule has 1 N–H and O–H groups in total. The molecule has 0 atom stereocenters. The number of carbonyl (C=O) groups is 2. The molecule has 2 amide bonds. The summed E-state index contributed by atoms with van der Waals surface area (Å²) in [4.78, 5) is 25.1. The molecule has 0 saturated carbocycles. The molecule has 0 spiro atoms. The molecule has 1 aromatic carbocycles. The summed E-state index contributed by atoms with van der Waals surface area (Å²) < 4.78 is 10.4. The highest BCUT2D eigenvalue weighted by Gasteiger charge is 2.19. The SMILES string of the molecule is O=C(NCCN1CCCOC1=O)c1ccc2c(c1)CCO2. The molecule has 6 heteroatoms. The van der Waals surface area contributed by atoms with Gasteiger partial charge in [0.25, 0.3) is 5.91 Å². The van der Waals surface area contributed by atoms with Gasteiger partial charge < -0.3 is 19.7 Å². The summed E-state index contributed by atoms with van der Waals surface area (Å²) in [5.41, 5.74) is 1.70. The van der Waals surface area contributed by atoms with E-state index in [0.717, 1.165) is 24.2 Å². The summed E-state index contributed by atoms with van der Waals surface area (Å²) in [5, 5.41) is 2.83. The van der Waals surface area contributed by atoms with Gasteiger partial charge in [0.15, 0.2) is 0 Å². The van der Waals surface area contributed by atoms with Gasteiger partial charge in [0.1, 0.15) is 5.75 Å². The molecule has 2 aliphatic rings. The Labute approximate surface area is 123 Å². The van der Waals surface area contributed by atoms with E-state index in [-0.39, 0.29) is 12.0 Å². The van der Waals surface area contributed by atoms with Gasteiger partial charge >= 0.3 is 6.09 Å². The Hall–Kier alpha value is -2.24. The Bertz CT molecular complexity index is 559. The number of nitrogens with zero attached hydrogens (tertiary/aromatic N) is 1. The normalized spacial score (nSPS) is 17.0. The van der Waals surface area contributed by atoms with Crippen molar-refractivity contribution >= 4 is 12.0 Å². The molecular formula is C15H18N2O4. The number of ether oxygens (including phenoxy) is 2. The standard InChI is InChI=1S/C15H18N2O4/c18-14(12-2-3-13-11(10-12)4-9-20-13)16-5-7-17-6-1-8-21-15(17)19/h2-3,10H,1,4-9H2,(H,16,18). The highest BCUT2D eigenvalue weighted by atomic mass is 16.6. The average Bonchev–Trinajstić information content (AvgIpc) is 2.96. The van der Waals surface area contributed by atoms with Crippen LogP contribution in [0.2, 0.25) is 0 Å². The molecule has 0 radical (unpaired) electrons. The van der Waals surface area contributed by atoms with Crippen LogP contribution in [-0.2, 0) is 11.2 Å². The third-order valence-electron chi connectivity index (χ3n) is 3.68. The van der Waals surface area contributed by atoms with E-state index in [1.807, 2.05) is 12.1 Å². The third kappa shape index (κ3) is 3.09. The number of carbonyl (C=O) groups excluding carboxylic acids is 2. The van der Waals surface area contributed by atoms with Crippen LogP contribution in [0.25, 0.3) is 0 Å². The van der Waals surface area contributed by atoms with Gasteiger partial charge in [0.05, 0.1) is 13.2 Å². The van der Waals surface area contributed by atoms with Crippen LogP contribution in [0.1, 0.15) is 22.3 Å². The summed E-state index contributed by atoms with van der Waals surface area (Å²) in [5.74, 6) is 0.734. The minimum atomic E-state index is -0.301. The van der Waals surface area contributed by atoms with Crippen LogP contribution in [0.3, 0.4) is 0 Å². The number of cyclic esters (lactones) is 1. The molecule has 1 aromatic rings. The van der Waals surface area contributed by atoms with Crippen LogP contribution in [0.15, 0.2) is 18.2 Å². The lowest BCUT2D eigenvalue weighted by Crippen LogP contribution is -2.42. The average molecular weight is 290 g/mol. The van der Waals surface area contributed by atoms with E-state index < -0.39 is 0 Å². The predicted octanol–water partition coefficient (Wildman–Crippen LogP) is 1.19. The zero-order valence-corrected chi connectivity index (χ0v) is 11.8. The van der Waals surface area contributed by atoms with Crippen LogP contribution in [0.5, 0.6) is 5.75 Å². The summed E-state index contributed by atoms with van der Waals surface area (Å²) >= 11 is 0. The van der Waals surface area contributed by atoms with Crippen molar-refractivity contribution in [3.63, 3.8) is 0 Å². The molecule has 21 heavy (non-hydrogen) atoms. The molecular weight excluding hydrogens is 272 g/mol. The van der Waals surface area contributed by atoms with E-state index >= 15 is 0 Å². The lowest BCUT2D eigenvalue weighted by atomic mass is 10.1. The maximum atomic E-state index is 12.1. The zero-order chi connectivity index (χ0) is 14.7. The number of hydrogen-bond donors (Lipinski definition) is 1. The summed E-state index contributed by atoms with van der Waals surface area (Å²) in [7, 11) is 0. The number of rotatable bonds is 4. The highest BCUT2D eigenvalue weighted by Crippen LogP contribution is 2.25. The quantitative estimate of drug-likeness (QED) is 0.904. The van der Waals surface area contributed by atoms with E-state index in [1.54, 1.807) is 11.0 Å². The van der Waals surface area contributed by atoms with Gasteiger partial charge in [-0.2, -0.15) is 0 Å². The van der Waals surface area contributed by atoms with Crippen molar-refractivity contribution in [2.75, 3.05) is 32.8 Å². The van der Waals surface area contributed by atoms with E-state index in [9.17, 15) is 9.59 Å². The molecule has 0 unspecified atom stereocenters. The van der Waals surface area contributed by atoms with Crippen molar-refractivity contribution in [2.24, 2.45) is 0 Å². The first-order valence-corrected chi connectivity index (χ1v) is 7.20. The molecule has 1 fully saturated rings. The van der Waals surface area contributed by atoms with Gasteiger partial charge in [0, 0.05) is 31.6 Å². The third-order valence-corrected chi connectivity index (χ3v) is 3.68. The van der Waals surface area contributed by atoms with Crippen molar-refractivity contribution < 1.29 is 19.1 Å². The van der Waals surface area contributed by atoms with Crippen LogP contribution >= 0.6 is 0 Å². The summed E-state index contributed by atoms with van der Waals surface area (Å²) in [6.45, 7) is 2.74. The molecule has 0 bridgehead atoms. The maximum absolute atomic E-state index is 12.1. The van der Waals surface area contributed by atoms with Gasteiger partial charge in [-0.15, -0.1) is 0 Å². The predicted molar refractivity (Wildman–Crippen MR) is 75.5 cm³/mol. The smallest absolute Gasteiger partial charge is 0.409 e. The monoisotopic (exact) mass is 290 g/mol. The number of benzene rings is 1. The van der Waals surface area contributed by atoms with Gasteiger partial charge in [0.2, 0.25) is 0 Å². The van der Waals surface area contributed by atoms with Crippen LogP contribution < -0.4 is 10.1 Å². The van der Waals surface area contributed by atoms with Gasteiger partial charge in [-0.05, 0) is 30.2 Å². The van der Waals surface area contributed by atoms with Gasteiger partial charge in [-0.25, -0.2) is 4.79 Å². The lowest BCUT2D eigenvalue weighted by molar-refractivity contribution is 0.0719. The first-order chi connectivity index (χ1) is 10.2. The molecule has 3 rings (SSSR count). The maximum Gasteiger partial charge on any atom is 0.409 e. The highest BCUT2D eigenvalue weighted by molar-refractivity contribution is 5.94. The van der Waals surface area contributed by atoms with Crippen molar-refractivity contribution in [3.05, 3.63) is 29.3 Å². The Balaban J connectivity index is 1.51. The molecule has 0 aromatic heterocycles. The molecule has 0 aliphatic carbocycles.